The normalized spacial score (nSPS) is 13.3. The molecular formula is C14H10N4O3S. The van der Waals surface area contributed by atoms with Crippen LogP contribution < -0.4 is 14.8 Å². The molecule has 0 saturated carbocycles. The Bertz CT molecular complexity index is 765. The lowest BCUT2D eigenvalue weighted by Gasteiger charge is -2.18. The molecule has 0 aliphatic carbocycles. The van der Waals surface area contributed by atoms with Gasteiger partial charge in [-0.25, -0.2) is 0 Å². The summed E-state index contributed by atoms with van der Waals surface area (Å²) >= 11 is 1.15. The number of fused-ring (bicyclic) bond motifs is 1. The van der Waals surface area contributed by atoms with Crippen molar-refractivity contribution >= 4 is 29.2 Å². The molecule has 2 aromatic rings. The highest BCUT2D eigenvalue weighted by atomic mass is 32.1. The summed E-state index contributed by atoms with van der Waals surface area (Å²) in [6.07, 6.45) is 1.39. The Morgan fingerprint density at radius 2 is 2.18 bits per heavy atom. The van der Waals surface area contributed by atoms with Crippen molar-refractivity contribution < 1.29 is 14.3 Å². The van der Waals surface area contributed by atoms with Crippen LogP contribution in [0.1, 0.15) is 5.69 Å². The van der Waals surface area contributed by atoms with Gasteiger partial charge in [0.05, 0.1) is 5.69 Å². The van der Waals surface area contributed by atoms with Crippen molar-refractivity contribution in [2.24, 2.45) is 0 Å². The van der Waals surface area contributed by atoms with Crippen LogP contribution in [-0.4, -0.2) is 28.7 Å². The standard InChI is InChI=1S/C14H10N4O3S/c15-7-9(5-11-8-22-18-17-11)14(19)16-10-1-2-12-13(6-10)21-4-3-20-12/h1-2,5-6,8H,3-4H2,(H,16,19)/b9-5+. The molecule has 0 spiro atoms. The number of benzene rings is 1. The zero-order chi connectivity index (χ0) is 15.4. The van der Waals surface area contributed by atoms with Crippen LogP contribution in [0.25, 0.3) is 6.08 Å². The third-order valence-electron chi connectivity index (χ3n) is 2.83. The van der Waals surface area contributed by atoms with Gasteiger partial charge in [0.15, 0.2) is 11.5 Å². The Morgan fingerprint density at radius 1 is 1.36 bits per heavy atom. The second kappa shape index (κ2) is 6.24. The molecule has 8 heteroatoms. The second-order valence-electron chi connectivity index (χ2n) is 4.31. The molecule has 110 valence electrons. The number of rotatable bonds is 3. The SMILES string of the molecule is N#C/C(=C\c1csnn1)C(=O)Nc1ccc2c(c1)OCCO2. The van der Waals surface area contributed by atoms with E-state index in [2.05, 4.69) is 14.9 Å². The topological polar surface area (TPSA) is 97.1 Å². The third-order valence-corrected chi connectivity index (χ3v) is 3.36. The van der Waals surface area contributed by atoms with E-state index in [1.54, 1.807) is 23.6 Å². The maximum absolute atomic E-state index is 12.1. The van der Waals surface area contributed by atoms with Crippen LogP contribution in [0.2, 0.25) is 0 Å². The molecule has 0 radical (unpaired) electrons. The number of hydrogen-bond donors (Lipinski definition) is 1. The Kier molecular flexibility index (Phi) is 3.98. The van der Waals surface area contributed by atoms with E-state index in [-0.39, 0.29) is 5.57 Å². The van der Waals surface area contributed by atoms with Gasteiger partial charge in [-0.15, -0.1) is 5.10 Å². The van der Waals surface area contributed by atoms with Crippen molar-refractivity contribution in [2.75, 3.05) is 18.5 Å². The first-order chi connectivity index (χ1) is 10.8. The largest absolute Gasteiger partial charge is 0.486 e. The first kappa shape index (κ1) is 14.0. The van der Waals surface area contributed by atoms with Crippen LogP contribution in [0.3, 0.4) is 0 Å². The third kappa shape index (κ3) is 3.05. The maximum Gasteiger partial charge on any atom is 0.266 e. The van der Waals surface area contributed by atoms with Gasteiger partial charge in [-0.3, -0.25) is 4.79 Å². The molecule has 0 saturated heterocycles. The van der Waals surface area contributed by atoms with Gasteiger partial charge < -0.3 is 14.8 Å². The summed E-state index contributed by atoms with van der Waals surface area (Å²) in [7, 11) is 0. The highest BCUT2D eigenvalue weighted by Crippen LogP contribution is 2.32. The lowest BCUT2D eigenvalue weighted by atomic mass is 10.2. The van der Waals surface area contributed by atoms with Crippen LogP contribution in [-0.2, 0) is 4.79 Å². The fourth-order valence-electron chi connectivity index (χ4n) is 1.85. The Hall–Kier alpha value is -2.92. The van der Waals surface area contributed by atoms with Gasteiger partial charge in [0.1, 0.15) is 24.9 Å². The molecular weight excluding hydrogens is 304 g/mol. The van der Waals surface area contributed by atoms with Gasteiger partial charge in [0, 0.05) is 17.1 Å². The van der Waals surface area contributed by atoms with Gasteiger partial charge in [0.25, 0.3) is 5.91 Å². The number of carbonyl (C=O) groups excluding carboxylic acids is 1. The van der Waals surface area contributed by atoms with Crippen molar-refractivity contribution in [3.8, 4) is 17.6 Å². The molecule has 1 aromatic carbocycles. The van der Waals surface area contributed by atoms with Crippen molar-refractivity contribution in [3.05, 3.63) is 34.8 Å². The first-order valence-electron chi connectivity index (χ1n) is 6.36. The molecule has 2 heterocycles. The summed E-state index contributed by atoms with van der Waals surface area (Å²) in [5.74, 6) is 0.677. The number of carbonyl (C=O) groups is 1. The van der Waals surface area contributed by atoms with Gasteiger partial charge in [-0.1, -0.05) is 4.49 Å². The number of hydrogen-bond acceptors (Lipinski definition) is 7. The summed E-state index contributed by atoms with van der Waals surface area (Å²) in [6.45, 7) is 0.965. The number of nitriles is 1. The van der Waals surface area contributed by atoms with E-state index in [9.17, 15) is 4.79 Å². The summed E-state index contributed by atoms with van der Waals surface area (Å²) in [4.78, 5) is 12.1. The summed E-state index contributed by atoms with van der Waals surface area (Å²) < 4.78 is 14.5. The second-order valence-corrected chi connectivity index (χ2v) is 4.92. The number of nitrogens with zero attached hydrogens (tertiary/aromatic N) is 3. The summed E-state index contributed by atoms with van der Waals surface area (Å²) in [6, 6.07) is 6.91. The molecule has 0 fully saturated rings. The Labute approximate surface area is 130 Å². The predicted molar refractivity (Wildman–Crippen MR) is 79.6 cm³/mol. The fraction of sp³-hybridized carbons (Fsp3) is 0.143. The van der Waals surface area contributed by atoms with Crippen LogP contribution in [0.4, 0.5) is 5.69 Å². The van der Waals surface area contributed by atoms with Crippen LogP contribution in [0.15, 0.2) is 29.2 Å². The van der Waals surface area contributed by atoms with E-state index >= 15 is 0 Å². The minimum absolute atomic E-state index is 0.0532. The van der Waals surface area contributed by atoms with E-state index in [4.69, 9.17) is 14.7 Å². The highest BCUT2D eigenvalue weighted by molar-refractivity contribution is 7.03. The molecule has 3 rings (SSSR count). The van der Waals surface area contributed by atoms with E-state index in [0.29, 0.717) is 36.1 Å². The fourth-order valence-corrected chi connectivity index (χ4v) is 2.26. The molecule has 1 aliphatic rings. The maximum atomic E-state index is 12.1. The molecule has 1 N–H and O–H groups in total. The first-order valence-corrected chi connectivity index (χ1v) is 7.20. The quantitative estimate of drug-likeness (QED) is 0.686. The smallest absolute Gasteiger partial charge is 0.266 e. The highest BCUT2D eigenvalue weighted by Gasteiger charge is 2.14. The van der Waals surface area contributed by atoms with Gasteiger partial charge in [-0.05, 0) is 29.7 Å². The Morgan fingerprint density at radius 3 is 2.91 bits per heavy atom. The molecule has 0 atom stereocenters. The van der Waals surface area contributed by atoms with Crippen LogP contribution in [0, 0.1) is 11.3 Å². The number of ether oxygens (including phenoxy) is 2. The summed E-state index contributed by atoms with van der Waals surface area (Å²) in [5.41, 5.74) is 0.938. The molecule has 1 aromatic heterocycles. The van der Waals surface area contributed by atoms with Crippen LogP contribution >= 0.6 is 11.5 Å². The van der Waals surface area contributed by atoms with E-state index < -0.39 is 5.91 Å². The zero-order valence-electron chi connectivity index (χ0n) is 11.3. The van der Waals surface area contributed by atoms with Crippen LogP contribution in [0.5, 0.6) is 11.5 Å². The lowest BCUT2D eigenvalue weighted by Crippen LogP contribution is -2.17. The average molecular weight is 314 g/mol. The van der Waals surface area contributed by atoms with E-state index in [0.717, 1.165) is 11.5 Å². The van der Waals surface area contributed by atoms with Crippen molar-refractivity contribution in [1.29, 1.82) is 5.26 Å². The molecule has 1 aliphatic heterocycles. The zero-order valence-corrected chi connectivity index (χ0v) is 12.1. The molecule has 0 unspecified atom stereocenters. The number of aromatic nitrogens is 2. The van der Waals surface area contributed by atoms with E-state index in [1.165, 1.54) is 6.08 Å². The van der Waals surface area contributed by atoms with Gasteiger partial charge in [0.2, 0.25) is 0 Å². The monoisotopic (exact) mass is 314 g/mol. The van der Waals surface area contributed by atoms with Gasteiger partial charge >= 0.3 is 0 Å². The minimum Gasteiger partial charge on any atom is -0.486 e. The summed E-state index contributed by atoms with van der Waals surface area (Å²) in [5, 5.41) is 17.2. The van der Waals surface area contributed by atoms with E-state index in [1.807, 2.05) is 6.07 Å². The average Bonchev–Trinajstić information content (AvgIpc) is 3.05. The number of anilines is 1. The van der Waals surface area contributed by atoms with Crippen molar-refractivity contribution in [2.45, 2.75) is 0 Å². The number of nitrogens with one attached hydrogen (secondary N) is 1. The molecule has 1 amide bonds. The molecule has 0 bridgehead atoms. The predicted octanol–water partition coefficient (Wildman–Crippen LogP) is 1.85. The molecule has 22 heavy (non-hydrogen) atoms. The lowest BCUT2D eigenvalue weighted by molar-refractivity contribution is -0.112. The number of amides is 1. The van der Waals surface area contributed by atoms with Crippen molar-refractivity contribution in [3.63, 3.8) is 0 Å². The molecule has 7 nitrogen and oxygen atoms in total. The Balaban J connectivity index is 1.77. The van der Waals surface area contributed by atoms with Crippen molar-refractivity contribution in [1.82, 2.24) is 9.59 Å². The minimum atomic E-state index is -0.521. The van der Waals surface area contributed by atoms with Gasteiger partial charge in [-0.2, -0.15) is 5.26 Å².